The number of rotatable bonds is 5. The highest BCUT2D eigenvalue weighted by Gasteiger charge is 2.26. The number of hydroxylamine groups is 1. The van der Waals surface area contributed by atoms with Crippen LogP contribution in [0.3, 0.4) is 0 Å². The first-order valence-electron chi connectivity index (χ1n) is 7.47. The lowest BCUT2D eigenvalue weighted by molar-refractivity contribution is -0.139. The second kappa shape index (κ2) is 6.26. The van der Waals surface area contributed by atoms with Gasteiger partial charge in [-0.05, 0) is 31.7 Å². The van der Waals surface area contributed by atoms with Crippen molar-refractivity contribution in [2.75, 3.05) is 19.7 Å². The zero-order valence-electron chi connectivity index (χ0n) is 12.0. The zero-order chi connectivity index (χ0) is 14.7. The van der Waals surface area contributed by atoms with Gasteiger partial charge < -0.3 is 4.90 Å². The number of aryl methyl sites for hydroxylation is 1. The minimum Gasteiger partial charge on any atom is -0.340 e. The Balaban J connectivity index is 1.44. The standard InChI is InChI=1S/C14H20N4O3/c19-13-5-2-8-17(13)9-10-21-16-14(20)12-4-1-3-11-6-7-15-18(11)12/h6-7,12H,1-5,8-10H2,(H,16,20). The normalized spacial score (nSPS) is 21.4. The largest absolute Gasteiger partial charge is 0.340 e. The number of fused-ring (bicyclic) bond motifs is 1. The Kier molecular flexibility index (Phi) is 4.19. The highest BCUT2D eigenvalue weighted by Crippen LogP contribution is 2.23. The molecule has 0 spiro atoms. The van der Waals surface area contributed by atoms with Gasteiger partial charge in [-0.3, -0.25) is 19.1 Å². The van der Waals surface area contributed by atoms with E-state index in [1.54, 1.807) is 15.8 Å². The van der Waals surface area contributed by atoms with E-state index in [-0.39, 0.29) is 17.9 Å². The minimum absolute atomic E-state index is 0.165. The number of hydrogen-bond donors (Lipinski definition) is 1. The van der Waals surface area contributed by atoms with E-state index in [1.807, 2.05) is 6.07 Å². The highest BCUT2D eigenvalue weighted by atomic mass is 16.7. The van der Waals surface area contributed by atoms with Crippen molar-refractivity contribution >= 4 is 11.8 Å². The van der Waals surface area contributed by atoms with Gasteiger partial charge in [0.05, 0.1) is 6.61 Å². The number of hydrogen-bond acceptors (Lipinski definition) is 4. The van der Waals surface area contributed by atoms with E-state index in [0.29, 0.717) is 19.6 Å². The smallest absolute Gasteiger partial charge is 0.268 e. The van der Waals surface area contributed by atoms with Gasteiger partial charge in [-0.1, -0.05) is 0 Å². The van der Waals surface area contributed by atoms with Gasteiger partial charge in [-0.25, -0.2) is 5.48 Å². The molecule has 1 unspecified atom stereocenters. The fraction of sp³-hybridized carbons (Fsp3) is 0.643. The van der Waals surface area contributed by atoms with Crippen LogP contribution in [-0.2, 0) is 20.8 Å². The summed E-state index contributed by atoms with van der Waals surface area (Å²) in [4.78, 5) is 30.5. The van der Waals surface area contributed by atoms with Crippen LogP contribution < -0.4 is 5.48 Å². The van der Waals surface area contributed by atoms with Gasteiger partial charge in [0.15, 0.2) is 0 Å². The molecule has 0 aliphatic carbocycles. The zero-order valence-corrected chi connectivity index (χ0v) is 12.0. The molecule has 0 bridgehead atoms. The number of aromatic nitrogens is 2. The van der Waals surface area contributed by atoms with E-state index in [9.17, 15) is 9.59 Å². The lowest BCUT2D eigenvalue weighted by atomic mass is 10.0. The van der Waals surface area contributed by atoms with E-state index in [4.69, 9.17) is 4.84 Å². The predicted molar refractivity (Wildman–Crippen MR) is 74.1 cm³/mol. The molecular weight excluding hydrogens is 272 g/mol. The molecule has 0 radical (unpaired) electrons. The van der Waals surface area contributed by atoms with Crippen molar-refractivity contribution in [2.45, 2.75) is 38.1 Å². The van der Waals surface area contributed by atoms with Crippen molar-refractivity contribution in [3.05, 3.63) is 18.0 Å². The van der Waals surface area contributed by atoms with Crippen LogP contribution in [0, 0.1) is 0 Å². The quantitative estimate of drug-likeness (QED) is 0.631. The van der Waals surface area contributed by atoms with Crippen LogP contribution in [0.15, 0.2) is 12.3 Å². The summed E-state index contributed by atoms with van der Waals surface area (Å²) >= 11 is 0. The van der Waals surface area contributed by atoms with E-state index in [2.05, 4.69) is 10.6 Å². The van der Waals surface area contributed by atoms with Crippen molar-refractivity contribution < 1.29 is 14.4 Å². The first-order valence-corrected chi connectivity index (χ1v) is 7.47. The summed E-state index contributed by atoms with van der Waals surface area (Å²) in [6, 6.07) is 1.65. The number of carbonyl (C=O) groups is 2. The van der Waals surface area contributed by atoms with Crippen molar-refractivity contribution in [3.8, 4) is 0 Å². The summed E-state index contributed by atoms with van der Waals surface area (Å²) in [5.41, 5.74) is 3.57. The van der Waals surface area contributed by atoms with Crippen LogP contribution in [0.2, 0.25) is 0 Å². The van der Waals surface area contributed by atoms with Crippen LogP contribution >= 0.6 is 0 Å². The van der Waals surface area contributed by atoms with Crippen molar-refractivity contribution in [1.29, 1.82) is 0 Å². The fourth-order valence-electron chi connectivity index (χ4n) is 2.95. The lowest BCUT2D eigenvalue weighted by Crippen LogP contribution is -2.37. The second-order valence-corrected chi connectivity index (χ2v) is 5.47. The number of carbonyl (C=O) groups excluding carboxylic acids is 2. The van der Waals surface area contributed by atoms with E-state index in [0.717, 1.165) is 37.9 Å². The molecule has 1 aromatic rings. The van der Waals surface area contributed by atoms with E-state index in [1.165, 1.54) is 0 Å². The summed E-state index contributed by atoms with van der Waals surface area (Å²) < 4.78 is 1.77. The maximum atomic E-state index is 12.1. The van der Waals surface area contributed by atoms with Crippen LogP contribution in [0.4, 0.5) is 0 Å². The van der Waals surface area contributed by atoms with E-state index < -0.39 is 0 Å². The average molecular weight is 292 g/mol. The molecule has 2 aliphatic heterocycles. The van der Waals surface area contributed by atoms with Crippen molar-refractivity contribution in [1.82, 2.24) is 20.2 Å². The van der Waals surface area contributed by atoms with Gasteiger partial charge in [0.1, 0.15) is 6.04 Å². The molecule has 1 fully saturated rings. The molecule has 2 aliphatic rings. The monoisotopic (exact) mass is 292 g/mol. The van der Waals surface area contributed by atoms with Crippen LogP contribution in [0.1, 0.15) is 37.4 Å². The van der Waals surface area contributed by atoms with Crippen molar-refractivity contribution in [3.63, 3.8) is 0 Å². The van der Waals surface area contributed by atoms with Gasteiger partial charge in [0.2, 0.25) is 5.91 Å². The Hall–Kier alpha value is -1.89. The molecule has 7 heteroatoms. The number of likely N-dealkylation sites (tertiary alicyclic amines) is 1. The molecule has 3 heterocycles. The van der Waals surface area contributed by atoms with Gasteiger partial charge >= 0.3 is 0 Å². The summed E-state index contributed by atoms with van der Waals surface area (Å²) in [6.45, 7) is 1.63. The SMILES string of the molecule is O=C(NOCCN1CCCC1=O)C1CCCc2ccnn21. The Morgan fingerprint density at radius 3 is 3.14 bits per heavy atom. The highest BCUT2D eigenvalue weighted by molar-refractivity contribution is 5.79. The Morgan fingerprint density at radius 1 is 1.43 bits per heavy atom. The molecule has 114 valence electrons. The number of nitrogens with one attached hydrogen (secondary N) is 1. The average Bonchev–Trinajstić information content (AvgIpc) is 3.11. The molecule has 21 heavy (non-hydrogen) atoms. The third-order valence-corrected chi connectivity index (χ3v) is 4.07. The number of nitrogens with zero attached hydrogens (tertiary/aromatic N) is 3. The fourth-order valence-corrected chi connectivity index (χ4v) is 2.95. The van der Waals surface area contributed by atoms with Gasteiger partial charge in [-0.2, -0.15) is 5.10 Å². The predicted octanol–water partition coefficient (Wildman–Crippen LogP) is 0.431. The Morgan fingerprint density at radius 2 is 2.33 bits per heavy atom. The minimum atomic E-state index is -0.294. The van der Waals surface area contributed by atoms with Gasteiger partial charge in [0.25, 0.3) is 5.91 Å². The second-order valence-electron chi connectivity index (χ2n) is 5.47. The van der Waals surface area contributed by atoms with Crippen LogP contribution in [0.5, 0.6) is 0 Å². The van der Waals surface area contributed by atoms with Crippen LogP contribution in [-0.4, -0.2) is 46.2 Å². The molecule has 7 nitrogen and oxygen atoms in total. The molecule has 1 aromatic heterocycles. The molecule has 0 saturated carbocycles. The maximum absolute atomic E-state index is 12.1. The van der Waals surface area contributed by atoms with Gasteiger partial charge in [-0.15, -0.1) is 0 Å². The maximum Gasteiger partial charge on any atom is 0.268 e. The lowest BCUT2D eigenvalue weighted by Gasteiger charge is -2.23. The summed E-state index contributed by atoms with van der Waals surface area (Å²) in [5, 5.41) is 4.21. The molecule has 3 rings (SSSR count). The Labute approximate surface area is 123 Å². The van der Waals surface area contributed by atoms with Gasteiger partial charge in [0, 0.05) is 31.4 Å². The topological polar surface area (TPSA) is 76.5 Å². The molecular formula is C14H20N4O3. The first-order chi connectivity index (χ1) is 10.3. The third kappa shape index (κ3) is 3.07. The number of amides is 2. The Bertz CT molecular complexity index is 528. The first kappa shape index (κ1) is 14.1. The third-order valence-electron chi connectivity index (χ3n) is 4.07. The summed E-state index contributed by atoms with van der Waals surface area (Å²) in [6.07, 6.45) is 5.97. The molecule has 1 saturated heterocycles. The molecule has 2 amide bonds. The summed E-state index contributed by atoms with van der Waals surface area (Å²) in [7, 11) is 0. The molecule has 0 aromatic carbocycles. The van der Waals surface area contributed by atoms with Crippen molar-refractivity contribution in [2.24, 2.45) is 0 Å². The summed E-state index contributed by atoms with van der Waals surface area (Å²) in [5.74, 6) is -0.00853. The van der Waals surface area contributed by atoms with Crippen LogP contribution in [0.25, 0.3) is 0 Å². The molecule has 1 atom stereocenters. The van der Waals surface area contributed by atoms with E-state index >= 15 is 0 Å². The molecule has 1 N–H and O–H groups in total.